The van der Waals surface area contributed by atoms with Crippen LogP contribution in [0.1, 0.15) is 28.0 Å². The van der Waals surface area contributed by atoms with Crippen LogP contribution in [0.5, 0.6) is 0 Å². The number of nitrogens with zero attached hydrogens (tertiary/aromatic N) is 3. The molecular formula is C24H26ClF3N6O. The van der Waals surface area contributed by atoms with E-state index in [2.05, 4.69) is 15.7 Å². The van der Waals surface area contributed by atoms with Crippen LogP contribution < -0.4 is 21.5 Å². The number of nitrogens with two attached hydrogens (primary N) is 1. The molecule has 0 saturated heterocycles. The van der Waals surface area contributed by atoms with Crippen molar-refractivity contribution in [2.75, 3.05) is 18.6 Å². The van der Waals surface area contributed by atoms with Crippen LogP contribution in [0.3, 0.4) is 0 Å². The Morgan fingerprint density at radius 3 is 2.71 bits per heavy atom. The lowest BCUT2D eigenvalue weighted by molar-refractivity contribution is -0.0929. The number of halogens is 4. The highest BCUT2D eigenvalue weighted by atomic mass is 35.5. The average molecular weight is 507 g/mol. The van der Waals surface area contributed by atoms with Crippen molar-refractivity contribution in [3.05, 3.63) is 87.5 Å². The topological polar surface area (TPSA) is 88.2 Å². The van der Waals surface area contributed by atoms with Gasteiger partial charge in [-0.3, -0.25) is 14.5 Å². The quantitative estimate of drug-likeness (QED) is 0.383. The summed E-state index contributed by atoms with van der Waals surface area (Å²) in [5.74, 6) is 5.63. The minimum atomic E-state index is -4.46. The molecule has 7 nitrogen and oxygen atoms in total. The summed E-state index contributed by atoms with van der Waals surface area (Å²) in [6.45, 7) is 2.13. The van der Waals surface area contributed by atoms with Crippen LogP contribution in [0, 0.1) is 6.92 Å². The fourth-order valence-electron chi connectivity index (χ4n) is 3.37. The van der Waals surface area contributed by atoms with E-state index in [1.807, 2.05) is 14.0 Å². The summed E-state index contributed by atoms with van der Waals surface area (Å²) in [6, 6.07) is 4.55. The maximum atomic E-state index is 13.3. The second-order valence-corrected chi connectivity index (χ2v) is 8.34. The van der Waals surface area contributed by atoms with E-state index in [4.69, 9.17) is 17.4 Å². The molecule has 0 unspecified atom stereocenters. The molecule has 1 aliphatic rings. The molecule has 2 aromatic rings. The number of carbonyl (C=O) groups is 1. The molecule has 1 heterocycles. The van der Waals surface area contributed by atoms with Gasteiger partial charge in [-0.2, -0.15) is 18.3 Å². The Morgan fingerprint density at radius 2 is 2.09 bits per heavy atom. The lowest BCUT2D eigenvalue weighted by Crippen LogP contribution is -2.26. The normalized spacial score (nSPS) is 14.3. The van der Waals surface area contributed by atoms with E-state index in [1.54, 1.807) is 30.2 Å². The van der Waals surface area contributed by atoms with Crippen molar-refractivity contribution in [3.8, 4) is 0 Å². The third-order valence-corrected chi connectivity index (χ3v) is 5.74. The van der Waals surface area contributed by atoms with Crippen LogP contribution in [0.2, 0.25) is 5.02 Å². The van der Waals surface area contributed by atoms with Crippen molar-refractivity contribution < 1.29 is 18.0 Å². The van der Waals surface area contributed by atoms with Crippen LogP contribution in [0.25, 0.3) is 6.08 Å². The van der Waals surface area contributed by atoms with Crippen molar-refractivity contribution in [1.29, 1.82) is 0 Å². The number of hydrazine groups is 1. The van der Waals surface area contributed by atoms with Gasteiger partial charge in [-0.25, -0.2) is 5.84 Å². The molecule has 0 atom stereocenters. The number of carbonyl (C=O) groups excluding carboxylic acids is 1. The number of benzene rings is 1. The first-order valence-electron chi connectivity index (χ1n) is 10.6. The SMILES string of the molecule is CNCC1=CC(NC(=O)c2ccc(Cl)c(N(N)/C=C/c3cnn(C)c3C)c2)=CCC(C(F)(F)F)=C1. The first-order chi connectivity index (χ1) is 16.5. The molecule has 1 amide bonds. The summed E-state index contributed by atoms with van der Waals surface area (Å²) in [4.78, 5) is 12.9. The van der Waals surface area contributed by atoms with Gasteiger partial charge < -0.3 is 10.6 Å². The number of rotatable bonds is 7. The molecule has 1 aromatic carbocycles. The number of aryl methyl sites for hydroxylation is 1. The van der Waals surface area contributed by atoms with E-state index in [1.165, 1.54) is 35.4 Å². The van der Waals surface area contributed by atoms with Crippen LogP contribution >= 0.6 is 11.6 Å². The molecule has 0 radical (unpaired) electrons. The molecule has 0 fully saturated rings. The number of hydrogen-bond donors (Lipinski definition) is 3. The van der Waals surface area contributed by atoms with Gasteiger partial charge >= 0.3 is 6.18 Å². The van der Waals surface area contributed by atoms with Gasteiger partial charge in [-0.1, -0.05) is 17.7 Å². The fourth-order valence-corrected chi connectivity index (χ4v) is 3.58. The zero-order chi connectivity index (χ0) is 25.8. The highest BCUT2D eigenvalue weighted by Crippen LogP contribution is 2.31. The van der Waals surface area contributed by atoms with E-state index in [0.29, 0.717) is 16.3 Å². The van der Waals surface area contributed by atoms with Crippen molar-refractivity contribution >= 4 is 29.3 Å². The minimum absolute atomic E-state index is 0.211. The second kappa shape index (κ2) is 10.9. The van der Waals surface area contributed by atoms with Crippen LogP contribution in [-0.4, -0.2) is 35.5 Å². The zero-order valence-electron chi connectivity index (χ0n) is 19.4. The maximum Gasteiger partial charge on any atom is 0.413 e. The highest BCUT2D eigenvalue weighted by Gasteiger charge is 2.33. The lowest BCUT2D eigenvalue weighted by Gasteiger charge is -2.17. The van der Waals surface area contributed by atoms with Gasteiger partial charge in [0.05, 0.1) is 16.9 Å². The summed E-state index contributed by atoms with van der Waals surface area (Å²) in [5, 5.41) is 11.3. The number of aromatic nitrogens is 2. The van der Waals surface area contributed by atoms with E-state index >= 15 is 0 Å². The van der Waals surface area contributed by atoms with Gasteiger partial charge in [0.25, 0.3) is 5.91 Å². The van der Waals surface area contributed by atoms with Crippen molar-refractivity contribution in [1.82, 2.24) is 20.4 Å². The van der Waals surface area contributed by atoms with Crippen LogP contribution in [-0.2, 0) is 7.05 Å². The van der Waals surface area contributed by atoms with Gasteiger partial charge in [0.15, 0.2) is 0 Å². The van der Waals surface area contributed by atoms with E-state index in [-0.39, 0.29) is 24.2 Å². The monoisotopic (exact) mass is 506 g/mol. The molecule has 11 heteroatoms. The fraction of sp³-hybridized carbons (Fsp3) is 0.250. The lowest BCUT2D eigenvalue weighted by atomic mass is 10.1. The van der Waals surface area contributed by atoms with Crippen LogP contribution in [0.15, 0.2) is 65.7 Å². The molecule has 0 bridgehead atoms. The number of hydrogen-bond acceptors (Lipinski definition) is 5. The minimum Gasteiger partial charge on any atom is -0.322 e. The average Bonchev–Trinajstić information content (AvgIpc) is 2.98. The molecular weight excluding hydrogens is 481 g/mol. The van der Waals surface area contributed by atoms with Crippen molar-refractivity contribution in [2.24, 2.45) is 12.9 Å². The van der Waals surface area contributed by atoms with Gasteiger partial charge in [0.1, 0.15) is 0 Å². The third kappa shape index (κ3) is 6.62. The summed E-state index contributed by atoms with van der Waals surface area (Å²) < 4.78 is 41.5. The largest absolute Gasteiger partial charge is 0.413 e. The molecule has 35 heavy (non-hydrogen) atoms. The first-order valence-corrected chi connectivity index (χ1v) is 11.0. The van der Waals surface area contributed by atoms with Gasteiger partial charge in [-0.15, -0.1) is 0 Å². The van der Waals surface area contributed by atoms with Gasteiger partial charge in [0, 0.05) is 47.9 Å². The standard InChI is InChI=1S/C24H26ClF3N6O/c1-15-18(14-31-33(15)3)8-9-34(29)22-12-17(4-7-21(22)25)23(35)32-20-6-5-19(24(26,27)28)10-16(11-20)13-30-2/h4,6-12,14,30H,5,13,29H2,1-3H3,(H,32,35)/b9-8+. The summed E-state index contributed by atoms with van der Waals surface area (Å²) in [5.41, 5.74) is 2.39. The zero-order valence-corrected chi connectivity index (χ0v) is 20.2. The number of likely N-dealkylation sites (N-methyl/N-ethyl adjacent to an activating group) is 1. The summed E-state index contributed by atoms with van der Waals surface area (Å²) >= 11 is 6.29. The predicted molar refractivity (Wildman–Crippen MR) is 131 cm³/mol. The Bertz CT molecular complexity index is 1230. The maximum absolute atomic E-state index is 13.3. The highest BCUT2D eigenvalue weighted by molar-refractivity contribution is 6.33. The summed E-state index contributed by atoms with van der Waals surface area (Å²) in [7, 11) is 3.46. The van der Waals surface area contributed by atoms with Crippen molar-refractivity contribution in [2.45, 2.75) is 19.5 Å². The Hall–Kier alpha value is -3.34. The number of allylic oxidation sites excluding steroid dienone is 3. The molecule has 0 saturated carbocycles. The number of amides is 1. The van der Waals surface area contributed by atoms with Gasteiger partial charge in [0.2, 0.25) is 0 Å². The number of nitrogens with one attached hydrogen (secondary N) is 2. The van der Waals surface area contributed by atoms with Crippen LogP contribution in [0.4, 0.5) is 18.9 Å². The summed E-state index contributed by atoms with van der Waals surface area (Å²) in [6.07, 6.45) is 4.18. The Labute approximate surface area is 206 Å². The van der Waals surface area contributed by atoms with Gasteiger partial charge in [-0.05, 0) is 62.4 Å². The predicted octanol–water partition coefficient (Wildman–Crippen LogP) is 4.38. The molecule has 1 aromatic heterocycles. The Morgan fingerprint density at radius 1 is 1.34 bits per heavy atom. The molecule has 0 aliphatic heterocycles. The van der Waals surface area contributed by atoms with E-state index < -0.39 is 17.7 Å². The number of alkyl halides is 3. The molecule has 1 aliphatic carbocycles. The smallest absolute Gasteiger partial charge is 0.322 e. The Balaban J connectivity index is 1.80. The Kier molecular flexibility index (Phi) is 8.21. The van der Waals surface area contributed by atoms with Crippen molar-refractivity contribution in [3.63, 3.8) is 0 Å². The van der Waals surface area contributed by atoms with E-state index in [9.17, 15) is 18.0 Å². The van der Waals surface area contributed by atoms with E-state index in [0.717, 1.165) is 17.3 Å². The molecule has 3 rings (SSSR count). The third-order valence-electron chi connectivity index (χ3n) is 5.42. The molecule has 186 valence electrons. The number of anilines is 1. The first kappa shape index (κ1) is 26.3. The molecule has 4 N–H and O–H groups in total. The molecule has 0 spiro atoms. The second-order valence-electron chi connectivity index (χ2n) is 7.93.